The van der Waals surface area contributed by atoms with Gasteiger partial charge < -0.3 is 15.2 Å². The molecule has 1 aliphatic heterocycles. The lowest BCUT2D eigenvalue weighted by atomic mass is 10.0. The van der Waals surface area contributed by atoms with E-state index in [0.717, 1.165) is 35.2 Å². The van der Waals surface area contributed by atoms with E-state index in [1.54, 1.807) is 59.2 Å². The van der Waals surface area contributed by atoms with Gasteiger partial charge in [0, 0.05) is 67.3 Å². The van der Waals surface area contributed by atoms with E-state index in [9.17, 15) is 13.8 Å². The first-order valence-electron chi connectivity index (χ1n) is 13.5. The van der Waals surface area contributed by atoms with Gasteiger partial charge in [-0.05, 0) is 62.2 Å². The summed E-state index contributed by atoms with van der Waals surface area (Å²) in [7, 11) is -0.715. The van der Waals surface area contributed by atoms with Crippen LogP contribution in [0.5, 0.6) is 0 Å². The molecular formula is C29H36FN6O2P. The molecule has 0 saturated carbocycles. The number of nitrogens with zero attached hydrogens (tertiary/aromatic N) is 4. The number of hydrogen-bond donors (Lipinski definition) is 2. The Kier molecular flexibility index (Phi) is 7.16. The molecule has 10 heteroatoms. The molecule has 0 saturated heterocycles. The summed E-state index contributed by atoms with van der Waals surface area (Å²) >= 11 is 0. The first-order valence-corrected chi connectivity index (χ1v) is 15.5. The highest BCUT2D eigenvalue weighted by atomic mass is 31.2. The average molecular weight is 551 g/mol. The fourth-order valence-corrected chi connectivity index (χ4v) is 7.68. The Morgan fingerprint density at radius 1 is 1.08 bits per heavy atom. The second-order valence-corrected chi connectivity index (χ2v) is 13.7. The van der Waals surface area contributed by atoms with E-state index < -0.39 is 7.14 Å². The van der Waals surface area contributed by atoms with E-state index in [-0.39, 0.29) is 17.5 Å². The molecule has 3 heterocycles. The monoisotopic (exact) mass is 550 g/mol. The number of fused-ring (bicyclic) bond motifs is 1. The number of imidazole rings is 1. The van der Waals surface area contributed by atoms with E-state index in [1.807, 2.05) is 32.0 Å². The molecule has 4 aromatic rings. The van der Waals surface area contributed by atoms with Crippen molar-refractivity contribution in [3.05, 3.63) is 81.4 Å². The maximum absolute atomic E-state index is 14.5. The molecule has 2 aromatic heterocycles. The smallest absolute Gasteiger partial charge is 0.338 e. The predicted molar refractivity (Wildman–Crippen MR) is 156 cm³/mol. The predicted octanol–water partition coefficient (Wildman–Crippen LogP) is 4.85. The minimum absolute atomic E-state index is 0.0113. The van der Waals surface area contributed by atoms with Crippen molar-refractivity contribution in [2.24, 2.45) is 0 Å². The van der Waals surface area contributed by atoms with E-state index in [4.69, 9.17) is 5.10 Å². The minimum atomic E-state index is -2.52. The lowest BCUT2D eigenvalue weighted by Crippen LogP contribution is -2.30. The largest absolute Gasteiger partial charge is 0.387 e. The van der Waals surface area contributed by atoms with Crippen molar-refractivity contribution in [1.29, 1.82) is 0 Å². The molecule has 0 aliphatic carbocycles. The summed E-state index contributed by atoms with van der Waals surface area (Å²) in [4.78, 5) is 14.0. The molecule has 0 radical (unpaired) electrons. The van der Waals surface area contributed by atoms with Crippen molar-refractivity contribution >= 4 is 18.1 Å². The molecular weight excluding hydrogens is 514 g/mol. The molecule has 206 valence electrons. The first kappa shape index (κ1) is 27.2. The van der Waals surface area contributed by atoms with Crippen LogP contribution in [0.1, 0.15) is 49.2 Å². The third-order valence-electron chi connectivity index (χ3n) is 7.88. The van der Waals surface area contributed by atoms with Crippen LogP contribution >= 0.6 is 7.14 Å². The molecule has 0 unspecified atom stereocenters. The van der Waals surface area contributed by atoms with Gasteiger partial charge >= 0.3 is 5.69 Å². The van der Waals surface area contributed by atoms with Gasteiger partial charge in [-0.15, -0.1) is 0 Å². The molecule has 2 aromatic carbocycles. The Morgan fingerprint density at radius 3 is 2.38 bits per heavy atom. The van der Waals surface area contributed by atoms with Gasteiger partial charge in [-0.2, -0.15) is 5.10 Å². The van der Waals surface area contributed by atoms with E-state index in [0.29, 0.717) is 40.6 Å². The Balaban J connectivity index is 1.69. The van der Waals surface area contributed by atoms with E-state index >= 15 is 0 Å². The van der Waals surface area contributed by atoms with Crippen molar-refractivity contribution in [1.82, 2.24) is 24.2 Å². The summed E-state index contributed by atoms with van der Waals surface area (Å²) in [6, 6.07) is 9.12. The van der Waals surface area contributed by atoms with Crippen LogP contribution in [0.25, 0.3) is 17.2 Å². The number of nitrogens with one attached hydrogen (secondary N) is 2. The normalized spacial score (nSPS) is 15.4. The van der Waals surface area contributed by atoms with Crippen molar-refractivity contribution < 1.29 is 8.96 Å². The summed E-state index contributed by atoms with van der Waals surface area (Å²) in [5.74, 6) is 0.404. The topological polar surface area (TPSA) is 85.9 Å². The molecule has 2 N–H and O–H groups in total. The summed E-state index contributed by atoms with van der Waals surface area (Å²) in [6.07, 6.45) is 5.38. The van der Waals surface area contributed by atoms with Gasteiger partial charge in [-0.25, -0.2) is 13.9 Å². The van der Waals surface area contributed by atoms with Crippen LogP contribution in [0.2, 0.25) is 0 Å². The highest BCUT2D eigenvalue weighted by molar-refractivity contribution is 7.71. The summed E-state index contributed by atoms with van der Waals surface area (Å²) in [5.41, 5.74) is 4.82. The third-order valence-corrected chi connectivity index (χ3v) is 11.2. The first-order chi connectivity index (χ1) is 18.6. The van der Waals surface area contributed by atoms with E-state index in [1.165, 1.54) is 0 Å². The minimum Gasteiger partial charge on any atom is -0.387 e. The Bertz CT molecular complexity index is 1640. The van der Waals surface area contributed by atoms with Gasteiger partial charge in [0.15, 0.2) is 0 Å². The quantitative estimate of drug-likeness (QED) is 0.322. The summed E-state index contributed by atoms with van der Waals surface area (Å²) in [5, 5.41) is 12.4. The number of halogens is 1. The Labute approximate surface area is 228 Å². The molecule has 0 amide bonds. The molecule has 1 atom stereocenters. The molecule has 1 aliphatic rings. The molecule has 0 fully saturated rings. The zero-order chi connectivity index (χ0) is 28.1. The third kappa shape index (κ3) is 4.47. The van der Waals surface area contributed by atoms with Crippen LogP contribution in [0, 0.1) is 19.7 Å². The number of anilines is 1. The Hall–Kier alpha value is -3.42. The SMILES string of the molecule is CCP(=O)(CC)c1ccc(-n2ccn(-c3c4c(nn3-c3cc(C)c(F)c(C)c3)CCN[C@H]4C)c2=O)cc1NC. The highest BCUT2D eigenvalue weighted by Gasteiger charge is 2.29. The van der Waals surface area contributed by atoms with Gasteiger partial charge in [0.1, 0.15) is 18.8 Å². The molecule has 39 heavy (non-hydrogen) atoms. The standard InChI is InChI=1S/C29H36FN6O2P/c1-7-39(38,8-2)25-10-9-21(17-24(25)31-6)34-13-14-35(29(34)37)28-26-20(5)32-12-11-23(26)33-36(28)22-15-18(3)27(30)19(4)16-22/h9-10,13-17,20,31-32H,7-8,11-12H2,1-6H3/t20-/m0/s1. The van der Waals surface area contributed by atoms with Crippen LogP contribution in [-0.4, -0.2) is 44.8 Å². The maximum Gasteiger partial charge on any atom is 0.338 e. The van der Waals surface area contributed by atoms with Crippen LogP contribution < -0.4 is 21.6 Å². The van der Waals surface area contributed by atoms with Crippen LogP contribution in [0.15, 0.2) is 47.5 Å². The second-order valence-electron chi connectivity index (χ2n) is 10.2. The fraction of sp³-hybridized carbons (Fsp3) is 0.379. The summed E-state index contributed by atoms with van der Waals surface area (Å²) in [6.45, 7) is 10.2. The molecule has 0 bridgehead atoms. The number of aryl methyl sites for hydroxylation is 2. The maximum atomic E-state index is 14.5. The van der Waals surface area contributed by atoms with Gasteiger partial charge in [0.05, 0.1) is 17.1 Å². The number of hydrogen-bond acceptors (Lipinski definition) is 5. The number of rotatable bonds is 7. The van der Waals surface area contributed by atoms with Crippen LogP contribution in [0.3, 0.4) is 0 Å². The fourth-order valence-electron chi connectivity index (χ4n) is 5.59. The molecule has 0 spiro atoms. The van der Waals surface area contributed by atoms with Gasteiger partial charge in [0.25, 0.3) is 0 Å². The average Bonchev–Trinajstić information content (AvgIpc) is 3.51. The highest BCUT2D eigenvalue weighted by Crippen LogP contribution is 2.45. The van der Waals surface area contributed by atoms with Crippen molar-refractivity contribution in [3.63, 3.8) is 0 Å². The van der Waals surface area contributed by atoms with E-state index in [2.05, 4.69) is 17.6 Å². The van der Waals surface area contributed by atoms with Crippen molar-refractivity contribution in [3.8, 4) is 17.2 Å². The second kappa shape index (κ2) is 10.3. The van der Waals surface area contributed by atoms with Crippen LogP contribution in [0.4, 0.5) is 10.1 Å². The molecule has 5 rings (SSSR count). The van der Waals surface area contributed by atoms with Gasteiger partial charge in [0.2, 0.25) is 0 Å². The lowest BCUT2D eigenvalue weighted by molar-refractivity contribution is 0.536. The number of aromatic nitrogens is 4. The van der Waals surface area contributed by atoms with Crippen molar-refractivity contribution in [2.45, 2.75) is 47.1 Å². The lowest BCUT2D eigenvalue weighted by Gasteiger charge is -2.21. The Morgan fingerprint density at radius 2 is 1.74 bits per heavy atom. The summed E-state index contributed by atoms with van der Waals surface area (Å²) < 4.78 is 32.9. The van der Waals surface area contributed by atoms with Crippen molar-refractivity contribution in [2.75, 3.05) is 31.2 Å². The number of benzene rings is 2. The molecule has 8 nitrogen and oxygen atoms in total. The van der Waals surface area contributed by atoms with Crippen LogP contribution in [-0.2, 0) is 11.0 Å². The van der Waals surface area contributed by atoms with Gasteiger partial charge in [-0.3, -0.25) is 9.13 Å². The zero-order valence-electron chi connectivity index (χ0n) is 23.4. The van der Waals surface area contributed by atoms with Gasteiger partial charge in [-0.1, -0.05) is 13.8 Å². The zero-order valence-corrected chi connectivity index (χ0v) is 24.3.